The molecule has 0 aromatic carbocycles. The molecule has 0 spiro atoms. The van der Waals surface area contributed by atoms with E-state index in [0.29, 0.717) is 25.5 Å². The van der Waals surface area contributed by atoms with Crippen LogP contribution >= 0.6 is 0 Å². The van der Waals surface area contributed by atoms with E-state index < -0.39 is 17.8 Å². The minimum atomic E-state index is -4.52. The van der Waals surface area contributed by atoms with Gasteiger partial charge < -0.3 is 14.9 Å². The van der Waals surface area contributed by atoms with Crippen LogP contribution < -0.4 is 9.80 Å². The summed E-state index contributed by atoms with van der Waals surface area (Å²) in [6, 6.07) is 1.14. The molecule has 1 aromatic rings. The summed E-state index contributed by atoms with van der Waals surface area (Å²) < 4.78 is 40.0. The van der Waals surface area contributed by atoms with Gasteiger partial charge in [-0.05, 0) is 37.5 Å². The van der Waals surface area contributed by atoms with Crippen LogP contribution in [0.1, 0.15) is 31.9 Å². The van der Waals surface area contributed by atoms with E-state index in [4.69, 9.17) is 5.11 Å². The van der Waals surface area contributed by atoms with E-state index in [0.717, 1.165) is 18.9 Å². The van der Waals surface area contributed by atoms with Crippen molar-refractivity contribution < 1.29 is 23.1 Å². The smallest absolute Gasteiger partial charge is 0.433 e. The molecule has 2 unspecified atom stereocenters. The zero-order valence-electron chi connectivity index (χ0n) is 14.4. The Balaban J connectivity index is 1.58. The van der Waals surface area contributed by atoms with Crippen molar-refractivity contribution in [2.75, 3.05) is 29.4 Å². The first-order chi connectivity index (χ1) is 12.2. The molecule has 2 aliphatic heterocycles. The highest BCUT2D eigenvalue weighted by Crippen LogP contribution is 2.54. The fraction of sp³-hybridized carbons (Fsp3) is 0.706. The highest BCUT2D eigenvalue weighted by Gasteiger charge is 2.56. The largest absolute Gasteiger partial charge is 0.481 e. The summed E-state index contributed by atoms with van der Waals surface area (Å²) in [7, 11) is 0. The molecule has 1 N–H and O–H groups in total. The number of nitrogens with zero attached hydrogens (tertiary/aromatic N) is 4. The molecule has 3 heterocycles. The number of carbonyl (C=O) groups is 1. The molecule has 1 aliphatic carbocycles. The first-order valence-electron chi connectivity index (χ1n) is 8.93. The number of carboxylic acid groups (broad SMARTS) is 1. The van der Waals surface area contributed by atoms with Gasteiger partial charge >= 0.3 is 12.1 Å². The van der Waals surface area contributed by atoms with Crippen molar-refractivity contribution in [3.63, 3.8) is 0 Å². The number of carboxylic acids is 1. The molecule has 9 heteroatoms. The van der Waals surface area contributed by atoms with Crippen LogP contribution in [0.5, 0.6) is 0 Å². The maximum atomic E-state index is 13.3. The van der Waals surface area contributed by atoms with E-state index in [9.17, 15) is 18.0 Å². The van der Waals surface area contributed by atoms with Crippen molar-refractivity contribution >= 4 is 17.7 Å². The van der Waals surface area contributed by atoms with E-state index in [-0.39, 0.29) is 36.2 Å². The molecule has 0 bridgehead atoms. The second-order valence-electron chi connectivity index (χ2n) is 7.59. The summed E-state index contributed by atoms with van der Waals surface area (Å²) in [6.07, 6.45) is -2.55. The average molecular weight is 370 g/mol. The van der Waals surface area contributed by atoms with Gasteiger partial charge in [0.25, 0.3) is 0 Å². The van der Waals surface area contributed by atoms with Crippen LogP contribution in [0.4, 0.5) is 24.9 Å². The fourth-order valence-electron chi connectivity index (χ4n) is 4.43. The van der Waals surface area contributed by atoms with E-state index in [1.807, 2.05) is 16.7 Å². The molecule has 3 fully saturated rings. The number of halogens is 3. The maximum Gasteiger partial charge on any atom is 0.433 e. The third-order valence-corrected chi connectivity index (χ3v) is 5.91. The van der Waals surface area contributed by atoms with Crippen LogP contribution in [0, 0.1) is 17.8 Å². The van der Waals surface area contributed by atoms with Crippen molar-refractivity contribution in [2.45, 2.75) is 38.4 Å². The van der Waals surface area contributed by atoms with E-state index in [1.165, 1.54) is 0 Å². The molecule has 0 amide bonds. The number of aromatic nitrogens is 2. The Morgan fingerprint density at radius 1 is 1.31 bits per heavy atom. The van der Waals surface area contributed by atoms with Crippen molar-refractivity contribution in [1.29, 1.82) is 0 Å². The van der Waals surface area contributed by atoms with Gasteiger partial charge in [0, 0.05) is 38.2 Å². The molecule has 4 rings (SSSR count). The SMILES string of the molecule is C[C@H]1CCCN1c1nc(N2CC3C(CC(=O)O)C3C2)cc(C(F)(F)F)n1. The molecule has 6 nitrogen and oxygen atoms in total. The molecular weight excluding hydrogens is 349 g/mol. The van der Waals surface area contributed by atoms with Crippen LogP contribution in [0.3, 0.4) is 0 Å². The maximum absolute atomic E-state index is 13.3. The van der Waals surface area contributed by atoms with Gasteiger partial charge in [-0.25, -0.2) is 4.98 Å². The van der Waals surface area contributed by atoms with Crippen LogP contribution in [0.25, 0.3) is 0 Å². The Hall–Kier alpha value is -2.06. The molecule has 26 heavy (non-hydrogen) atoms. The van der Waals surface area contributed by atoms with Gasteiger partial charge in [-0.1, -0.05) is 0 Å². The van der Waals surface area contributed by atoms with Crippen molar-refractivity contribution in [3.8, 4) is 0 Å². The van der Waals surface area contributed by atoms with Crippen LogP contribution in [0.15, 0.2) is 6.07 Å². The predicted molar refractivity (Wildman–Crippen MR) is 88.0 cm³/mol. The topological polar surface area (TPSA) is 69.6 Å². The fourth-order valence-corrected chi connectivity index (χ4v) is 4.43. The van der Waals surface area contributed by atoms with Crippen molar-refractivity contribution in [3.05, 3.63) is 11.8 Å². The Labute approximate surface area is 149 Å². The van der Waals surface area contributed by atoms with Crippen LogP contribution in [0.2, 0.25) is 0 Å². The monoisotopic (exact) mass is 370 g/mol. The van der Waals surface area contributed by atoms with E-state index in [2.05, 4.69) is 9.97 Å². The quantitative estimate of drug-likeness (QED) is 0.879. The van der Waals surface area contributed by atoms with Gasteiger partial charge in [0.2, 0.25) is 5.95 Å². The van der Waals surface area contributed by atoms with E-state index >= 15 is 0 Å². The number of piperidine rings is 1. The third kappa shape index (κ3) is 3.07. The number of anilines is 2. The Bertz CT molecular complexity index is 714. The zero-order chi connectivity index (χ0) is 18.6. The van der Waals surface area contributed by atoms with Gasteiger partial charge in [0.1, 0.15) is 5.82 Å². The lowest BCUT2D eigenvalue weighted by Crippen LogP contribution is -2.31. The highest BCUT2D eigenvalue weighted by atomic mass is 19.4. The molecule has 2 saturated heterocycles. The predicted octanol–water partition coefficient (Wildman–Crippen LogP) is 2.64. The minimum absolute atomic E-state index is 0.123. The van der Waals surface area contributed by atoms with Gasteiger partial charge in [-0.3, -0.25) is 4.79 Å². The van der Waals surface area contributed by atoms with Gasteiger partial charge in [0.15, 0.2) is 5.69 Å². The lowest BCUT2D eigenvalue weighted by molar-refractivity contribution is -0.141. The summed E-state index contributed by atoms with van der Waals surface area (Å²) >= 11 is 0. The summed E-state index contributed by atoms with van der Waals surface area (Å²) in [5.74, 6) is 0.243. The standard InChI is InChI=1S/C17H21F3N4O2/c1-9-3-2-4-24(9)16-21-13(17(18,19)20)6-14(22-16)23-7-11-10(5-15(25)26)12(11)8-23/h6,9-12H,2-5,7-8H2,1H3,(H,25,26)/t9-,10?,11?,12?/m0/s1. The van der Waals surface area contributed by atoms with Crippen molar-refractivity contribution in [1.82, 2.24) is 9.97 Å². The van der Waals surface area contributed by atoms with Gasteiger partial charge in [0.05, 0.1) is 0 Å². The third-order valence-electron chi connectivity index (χ3n) is 5.91. The molecule has 3 atom stereocenters. The number of fused-ring (bicyclic) bond motifs is 1. The van der Waals surface area contributed by atoms with Crippen LogP contribution in [-0.4, -0.2) is 46.7 Å². The lowest BCUT2D eigenvalue weighted by Gasteiger charge is -2.26. The molecule has 0 radical (unpaired) electrons. The Morgan fingerprint density at radius 2 is 2.00 bits per heavy atom. The zero-order valence-corrected chi connectivity index (χ0v) is 14.4. The molecule has 142 valence electrons. The molecular formula is C17H21F3N4O2. The number of alkyl halides is 3. The Kier molecular flexibility index (Phi) is 4.00. The summed E-state index contributed by atoms with van der Waals surface area (Å²) in [6.45, 7) is 3.75. The van der Waals surface area contributed by atoms with Gasteiger partial charge in [-0.15, -0.1) is 0 Å². The first kappa shape index (κ1) is 17.4. The summed E-state index contributed by atoms with van der Waals surface area (Å²) in [4.78, 5) is 22.7. The van der Waals surface area contributed by atoms with Gasteiger partial charge in [-0.2, -0.15) is 18.2 Å². The van der Waals surface area contributed by atoms with E-state index in [1.54, 1.807) is 0 Å². The summed E-state index contributed by atoms with van der Waals surface area (Å²) in [5, 5.41) is 8.91. The molecule has 3 aliphatic rings. The second kappa shape index (κ2) is 5.99. The number of hydrogen-bond donors (Lipinski definition) is 1. The lowest BCUT2D eigenvalue weighted by atomic mass is 10.2. The molecule has 1 aromatic heterocycles. The highest BCUT2D eigenvalue weighted by molar-refractivity contribution is 5.68. The summed E-state index contributed by atoms with van der Waals surface area (Å²) in [5.41, 5.74) is -0.917. The van der Waals surface area contributed by atoms with Crippen molar-refractivity contribution in [2.24, 2.45) is 17.8 Å². The number of hydrogen-bond acceptors (Lipinski definition) is 5. The first-order valence-corrected chi connectivity index (χ1v) is 8.93. The second-order valence-corrected chi connectivity index (χ2v) is 7.59. The number of aliphatic carboxylic acids is 1. The Morgan fingerprint density at radius 3 is 2.54 bits per heavy atom. The number of rotatable bonds is 4. The normalized spacial score (nSPS) is 30.6. The van der Waals surface area contributed by atoms with Crippen LogP contribution in [-0.2, 0) is 11.0 Å². The molecule has 1 saturated carbocycles. The minimum Gasteiger partial charge on any atom is -0.481 e. The average Bonchev–Trinajstić information content (AvgIpc) is 2.95.